The van der Waals surface area contributed by atoms with Gasteiger partial charge in [-0.1, -0.05) is 18.9 Å². The van der Waals surface area contributed by atoms with E-state index in [9.17, 15) is 9.59 Å². The van der Waals surface area contributed by atoms with E-state index in [1.54, 1.807) is 4.90 Å². The Balaban J connectivity index is 1.46. The summed E-state index contributed by atoms with van der Waals surface area (Å²) in [5.74, 6) is 0.0990. The van der Waals surface area contributed by atoms with Gasteiger partial charge in [0.05, 0.1) is 11.7 Å². The lowest BCUT2D eigenvalue weighted by atomic mass is 10.1. The molecule has 2 fully saturated rings. The lowest BCUT2D eigenvalue weighted by Gasteiger charge is -2.29. The van der Waals surface area contributed by atoms with Crippen molar-refractivity contribution >= 4 is 23.3 Å². The van der Waals surface area contributed by atoms with Gasteiger partial charge in [0.15, 0.2) is 0 Å². The Kier molecular flexibility index (Phi) is 5.34. The molecule has 27 heavy (non-hydrogen) atoms. The van der Waals surface area contributed by atoms with Crippen LogP contribution < -0.4 is 15.5 Å². The second kappa shape index (κ2) is 7.89. The average Bonchev–Trinajstić information content (AvgIpc) is 3.40. The minimum Gasteiger partial charge on any atom is -0.338 e. The number of anilines is 2. The highest BCUT2D eigenvalue weighted by atomic mass is 16.2. The Bertz CT molecular complexity index is 714. The number of amides is 3. The Morgan fingerprint density at radius 1 is 1.11 bits per heavy atom. The molecule has 1 aromatic rings. The van der Waals surface area contributed by atoms with E-state index in [-0.39, 0.29) is 18.0 Å². The fourth-order valence-corrected chi connectivity index (χ4v) is 4.88. The molecule has 1 aliphatic carbocycles. The summed E-state index contributed by atoms with van der Waals surface area (Å²) in [6.07, 6.45) is 7.93. The van der Waals surface area contributed by atoms with Gasteiger partial charge in [-0.3, -0.25) is 14.6 Å². The average molecular weight is 370 g/mol. The summed E-state index contributed by atoms with van der Waals surface area (Å²) in [5, 5.41) is 5.98. The number of fused-ring (bicyclic) bond motifs is 1. The first-order valence-electron chi connectivity index (χ1n) is 10.4. The van der Waals surface area contributed by atoms with Crippen LogP contribution in [-0.2, 0) is 11.2 Å². The van der Waals surface area contributed by atoms with Crippen molar-refractivity contribution in [1.29, 1.82) is 0 Å². The minimum atomic E-state index is -0.0667. The quantitative estimate of drug-likeness (QED) is 0.856. The Hall–Kier alpha value is -2.08. The van der Waals surface area contributed by atoms with Crippen LogP contribution in [0, 0.1) is 0 Å². The van der Waals surface area contributed by atoms with Crippen LogP contribution in [0.2, 0.25) is 0 Å². The molecule has 0 aromatic heterocycles. The molecular weight excluding hydrogens is 340 g/mol. The zero-order valence-electron chi connectivity index (χ0n) is 16.2. The molecule has 1 saturated heterocycles. The molecule has 0 spiro atoms. The lowest BCUT2D eigenvalue weighted by molar-refractivity contribution is -0.121. The fraction of sp³-hybridized carbons (Fsp3) is 0.619. The minimum absolute atomic E-state index is 0.0131. The van der Waals surface area contributed by atoms with E-state index in [0.717, 1.165) is 42.7 Å². The normalized spacial score (nSPS) is 22.9. The highest BCUT2D eigenvalue weighted by molar-refractivity contribution is 5.98. The van der Waals surface area contributed by atoms with Crippen LogP contribution in [0.5, 0.6) is 0 Å². The summed E-state index contributed by atoms with van der Waals surface area (Å²) in [4.78, 5) is 29.4. The van der Waals surface area contributed by atoms with Gasteiger partial charge in [0.25, 0.3) is 0 Å². The maximum atomic E-state index is 13.0. The van der Waals surface area contributed by atoms with Gasteiger partial charge in [0, 0.05) is 24.8 Å². The van der Waals surface area contributed by atoms with E-state index >= 15 is 0 Å². The second-order valence-electron chi connectivity index (χ2n) is 7.90. The third-order valence-corrected chi connectivity index (χ3v) is 6.21. The number of nitrogens with one attached hydrogen (secondary N) is 2. The van der Waals surface area contributed by atoms with E-state index in [1.165, 1.54) is 25.7 Å². The van der Waals surface area contributed by atoms with E-state index in [1.807, 2.05) is 25.1 Å². The molecule has 146 valence electrons. The van der Waals surface area contributed by atoms with E-state index in [0.29, 0.717) is 19.1 Å². The van der Waals surface area contributed by atoms with Crippen molar-refractivity contribution in [1.82, 2.24) is 10.2 Å². The molecule has 1 saturated carbocycles. The van der Waals surface area contributed by atoms with Crippen LogP contribution in [0.1, 0.15) is 51.0 Å². The molecule has 2 heterocycles. The van der Waals surface area contributed by atoms with Gasteiger partial charge in [-0.2, -0.15) is 0 Å². The number of hydrogen-bond acceptors (Lipinski definition) is 3. The summed E-state index contributed by atoms with van der Waals surface area (Å²) in [6, 6.07) is 6.45. The molecular formula is C21H30N4O2. The van der Waals surface area contributed by atoms with Crippen LogP contribution in [0.4, 0.5) is 16.2 Å². The molecule has 0 bridgehead atoms. The highest BCUT2D eigenvalue weighted by Gasteiger charge is 2.36. The number of carbonyl (C=O) groups excluding carboxylic acids is 2. The van der Waals surface area contributed by atoms with Crippen molar-refractivity contribution in [2.24, 2.45) is 0 Å². The van der Waals surface area contributed by atoms with Gasteiger partial charge in [-0.15, -0.1) is 0 Å². The predicted molar refractivity (Wildman–Crippen MR) is 107 cm³/mol. The summed E-state index contributed by atoms with van der Waals surface area (Å²) in [7, 11) is 0. The van der Waals surface area contributed by atoms with Gasteiger partial charge >= 0.3 is 6.03 Å². The van der Waals surface area contributed by atoms with E-state index in [4.69, 9.17) is 0 Å². The fourth-order valence-electron chi connectivity index (χ4n) is 4.88. The topological polar surface area (TPSA) is 64.7 Å². The van der Waals surface area contributed by atoms with Gasteiger partial charge in [0.2, 0.25) is 5.91 Å². The molecule has 3 aliphatic rings. The second-order valence-corrected chi connectivity index (χ2v) is 7.90. The van der Waals surface area contributed by atoms with Crippen LogP contribution in [0.3, 0.4) is 0 Å². The monoisotopic (exact) mass is 370 g/mol. The summed E-state index contributed by atoms with van der Waals surface area (Å²) in [6.45, 7) is 4.26. The summed E-state index contributed by atoms with van der Waals surface area (Å²) in [5.41, 5.74) is 2.86. The zero-order valence-corrected chi connectivity index (χ0v) is 16.2. The summed E-state index contributed by atoms with van der Waals surface area (Å²) < 4.78 is 0. The van der Waals surface area contributed by atoms with Crippen LogP contribution in [0.25, 0.3) is 0 Å². The first kappa shape index (κ1) is 18.3. The SMILES string of the molecule is CCNC(=O)N1CCc2ccc(NC(=O)C3CCCN3C3CCCC3)cc21. The maximum absolute atomic E-state index is 13.0. The predicted octanol–water partition coefficient (Wildman–Crippen LogP) is 3.12. The van der Waals surface area contributed by atoms with Crippen molar-refractivity contribution in [2.45, 2.75) is 64.0 Å². The van der Waals surface area contributed by atoms with Crippen molar-refractivity contribution in [3.8, 4) is 0 Å². The molecule has 6 nitrogen and oxygen atoms in total. The largest absolute Gasteiger partial charge is 0.338 e. The van der Waals surface area contributed by atoms with E-state index < -0.39 is 0 Å². The highest BCUT2D eigenvalue weighted by Crippen LogP contribution is 2.33. The summed E-state index contributed by atoms with van der Waals surface area (Å²) >= 11 is 0. The number of nitrogens with zero attached hydrogens (tertiary/aromatic N) is 2. The van der Waals surface area contributed by atoms with Crippen molar-refractivity contribution in [3.05, 3.63) is 23.8 Å². The number of benzene rings is 1. The third-order valence-electron chi connectivity index (χ3n) is 6.21. The number of carbonyl (C=O) groups is 2. The molecule has 2 aliphatic heterocycles. The molecule has 2 N–H and O–H groups in total. The first-order chi connectivity index (χ1) is 13.2. The molecule has 1 aromatic carbocycles. The number of rotatable bonds is 4. The van der Waals surface area contributed by atoms with Gasteiger partial charge in [-0.25, -0.2) is 4.79 Å². The van der Waals surface area contributed by atoms with Crippen LogP contribution in [0.15, 0.2) is 18.2 Å². The van der Waals surface area contributed by atoms with Crippen molar-refractivity contribution in [3.63, 3.8) is 0 Å². The smallest absolute Gasteiger partial charge is 0.321 e. The Labute approximate surface area is 161 Å². The van der Waals surface area contributed by atoms with Crippen molar-refractivity contribution < 1.29 is 9.59 Å². The lowest BCUT2D eigenvalue weighted by Crippen LogP contribution is -2.44. The first-order valence-corrected chi connectivity index (χ1v) is 10.4. The molecule has 1 unspecified atom stereocenters. The molecule has 6 heteroatoms. The number of likely N-dealkylation sites (tertiary alicyclic amines) is 1. The van der Waals surface area contributed by atoms with Gasteiger partial charge < -0.3 is 10.6 Å². The molecule has 4 rings (SSSR count). The Morgan fingerprint density at radius 3 is 2.70 bits per heavy atom. The van der Waals surface area contributed by atoms with E-state index in [2.05, 4.69) is 15.5 Å². The standard InChI is InChI=1S/C21H30N4O2/c1-2-22-21(27)25-13-11-15-9-10-16(14-19(15)25)23-20(26)18-8-5-12-24(18)17-6-3-4-7-17/h9-10,14,17-18H,2-8,11-13H2,1H3,(H,22,27)(H,23,26). The molecule has 3 amide bonds. The maximum Gasteiger partial charge on any atom is 0.321 e. The Morgan fingerprint density at radius 2 is 1.93 bits per heavy atom. The zero-order chi connectivity index (χ0) is 18.8. The van der Waals surface area contributed by atoms with Crippen molar-refractivity contribution in [2.75, 3.05) is 29.9 Å². The number of urea groups is 1. The van der Waals surface area contributed by atoms with Gasteiger partial charge in [-0.05, 0) is 63.3 Å². The molecule has 1 atom stereocenters. The van der Waals surface area contributed by atoms with Crippen LogP contribution in [-0.4, -0.2) is 48.6 Å². The number of hydrogen-bond donors (Lipinski definition) is 2. The van der Waals surface area contributed by atoms with Gasteiger partial charge in [0.1, 0.15) is 0 Å². The third kappa shape index (κ3) is 3.68. The van der Waals surface area contributed by atoms with Crippen LogP contribution >= 0.6 is 0 Å². The molecule has 0 radical (unpaired) electrons.